The van der Waals surface area contributed by atoms with E-state index in [1.54, 1.807) is 23.0 Å². The van der Waals surface area contributed by atoms with Gasteiger partial charge in [-0.1, -0.05) is 12.1 Å². The molecule has 3 aromatic rings. The summed E-state index contributed by atoms with van der Waals surface area (Å²) in [6, 6.07) is 12.9. The molecule has 2 aromatic heterocycles. The normalized spacial score (nSPS) is 12.0. The monoisotopic (exact) mass is 379 g/mol. The highest BCUT2D eigenvalue weighted by Crippen LogP contribution is 2.23. The van der Waals surface area contributed by atoms with Gasteiger partial charge in [0.15, 0.2) is 5.82 Å². The lowest BCUT2D eigenvalue weighted by Gasteiger charge is -2.20. The predicted molar refractivity (Wildman–Crippen MR) is 108 cm³/mol. The molecule has 0 fully saturated rings. The average Bonchev–Trinajstić information content (AvgIpc) is 2.67. The molecule has 28 heavy (non-hydrogen) atoms. The molecular weight excluding hydrogens is 354 g/mol. The second-order valence-corrected chi connectivity index (χ2v) is 6.91. The highest BCUT2D eigenvalue weighted by molar-refractivity contribution is 5.31. The van der Waals surface area contributed by atoms with Crippen molar-refractivity contribution in [2.24, 2.45) is 0 Å². The summed E-state index contributed by atoms with van der Waals surface area (Å²) in [5.74, 6) is 1.90. The van der Waals surface area contributed by atoms with Crippen LogP contribution in [0.1, 0.15) is 43.9 Å². The lowest BCUT2D eigenvalue weighted by Crippen LogP contribution is -2.25. The number of pyridine rings is 1. The molecule has 0 aliphatic rings. The summed E-state index contributed by atoms with van der Waals surface area (Å²) >= 11 is 0. The van der Waals surface area contributed by atoms with Crippen LogP contribution in [0.25, 0.3) is 0 Å². The fourth-order valence-electron chi connectivity index (χ4n) is 3.06. The van der Waals surface area contributed by atoms with Crippen LogP contribution in [0.5, 0.6) is 11.5 Å². The topological polar surface area (TPSA) is 66.2 Å². The first kappa shape index (κ1) is 19.6. The Labute approximate surface area is 164 Å². The van der Waals surface area contributed by atoms with E-state index in [-0.39, 0.29) is 24.3 Å². The minimum atomic E-state index is -0.112. The van der Waals surface area contributed by atoms with Crippen LogP contribution in [-0.2, 0) is 6.61 Å². The Hall–Kier alpha value is -3.15. The maximum absolute atomic E-state index is 12.7. The Morgan fingerprint density at radius 1 is 1.00 bits per heavy atom. The third-order valence-corrected chi connectivity index (χ3v) is 4.34. The highest BCUT2D eigenvalue weighted by atomic mass is 16.5. The molecule has 0 N–H and O–H groups in total. The van der Waals surface area contributed by atoms with Crippen molar-refractivity contribution in [3.05, 3.63) is 82.3 Å². The fourth-order valence-corrected chi connectivity index (χ4v) is 3.06. The van der Waals surface area contributed by atoms with Crippen LogP contribution < -0.4 is 15.0 Å². The molecular formula is C22H25N3O3. The number of benzene rings is 1. The van der Waals surface area contributed by atoms with Gasteiger partial charge >= 0.3 is 0 Å². The van der Waals surface area contributed by atoms with E-state index < -0.39 is 0 Å². The van der Waals surface area contributed by atoms with Gasteiger partial charge in [-0.2, -0.15) is 0 Å². The van der Waals surface area contributed by atoms with E-state index in [4.69, 9.17) is 9.47 Å². The van der Waals surface area contributed by atoms with Gasteiger partial charge < -0.3 is 14.0 Å². The first-order valence-corrected chi connectivity index (χ1v) is 9.32. The molecule has 1 atom stereocenters. The van der Waals surface area contributed by atoms with E-state index in [2.05, 4.69) is 9.97 Å². The molecule has 0 aliphatic heterocycles. The van der Waals surface area contributed by atoms with Crippen LogP contribution in [-0.4, -0.2) is 20.6 Å². The van der Waals surface area contributed by atoms with E-state index in [9.17, 15) is 4.79 Å². The zero-order chi connectivity index (χ0) is 20.1. The van der Waals surface area contributed by atoms with Crippen molar-refractivity contribution in [3.8, 4) is 11.5 Å². The van der Waals surface area contributed by atoms with Gasteiger partial charge in [-0.05, 0) is 57.5 Å². The maximum atomic E-state index is 12.7. The van der Waals surface area contributed by atoms with Crippen LogP contribution in [0.4, 0.5) is 0 Å². The van der Waals surface area contributed by atoms with Crippen LogP contribution in [0, 0.1) is 6.92 Å². The first-order chi connectivity index (χ1) is 13.4. The fraction of sp³-hybridized carbons (Fsp3) is 0.318. The minimum Gasteiger partial charge on any atom is -0.491 e. The van der Waals surface area contributed by atoms with Crippen LogP contribution in [0.2, 0.25) is 0 Å². The molecule has 0 aliphatic carbocycles. The predicted octanol–water partition coefficient (Wildman–Crippen LogP) is 3.92. The van der Waals surface area contributed by atoms with Crippen molar-refractivity contribution in [2.75, 3.05) is 0 Å². The van der Waals surface area contributed by atoms with E-state index in [0.29, 0.717) is 11.6 Å². The lowest BCUT2D eigenvalue weighted by molar-refractivity contribution is 0.242. The molecule has 0 amide bonds. The third-order valence-electron chi connectivity index (χ3n) is 4.34. The number of aryl methyl sites for hydroxylation is 1. The van der Waals surface area contributed by atoms with Crippen molar-refractivity contribution < 1.29 is 9.47 Å². The summed E-state index contributed by atoms with van der Waals surface area (Å²) in [7, 11) is 0. The average molecular weight is 379 g/mol. The van der Waals surface area contributed by atoms with Crippen LogP contribution in [0.15, 0.2) is 59.7 Å². The molecule has 0 spiro atoms. The Bertz CT molecular complexity index is 967. The second-order valence-electron chi connectivity index (χ2n) is 6.91. The zero-order valence-corrected chi connectivity index (χ0v) is 16.6. The number of rotatable bonds is 7. The van der Waals surface area contributed by atoms with Gasteiger partial charge in [0.05, 0.1) is 12.1 Å². The van der Waals surface area contributed by atoms with Crippen molar-refractivity contribution >= 4 is 0 Å². The Balaban J connectivity index is 1.77. The molecule has 0 radical (unpaired) electrons. The van der Waals surface area contributed by atoms with Gasteiger partial charge in [0.2, 0.25) is 0 Å². The number of hydrogen-bond acceptors (Lipinski definition) is 5. The van der Waals surface area contributed by atoms with Crippen molar-refractivity contribution in [3.63, 3.8) is 0 Å². The maximum Gasteiger partial charge on any atom is 0.254 e. The van der Waals surface area contributed by atoms with Gasteiger partial charge in [0.25, 0.3) is 5.56 Å². The van der Waals surface area contributed by atoms with E-state index in [1.165, 1.54) is 6.07 Å². The number of nitrogens with zero attached hydrogens (tertiary/aromatic N) is 3. The third kappa shape index (κ3) is 4.76. The Morgan fingerprint density at radius 2 is 1.68 bits per heavy atom. The molecule has 2 heterocycles. The largest absolute Gasteiger partial charge is 0.491 e. The lowest BCUT2D eigenvalue weighted by atomic mass is 10.1. The van der Waals surface area contributed by atoms with Gasteiger partial charge in [0.1, 0.15) is 18.1 Å². The van der Waals surface area contributed by atoms with Crippen molar-refractivity contribution in [1.29, 1.82) is 0 Å². The van der Waals surface area contributed by atoms with Gasteiger partial charge in [0, 0.05) is 24.2 Å². The molecule has 3 rings (SSSR count). The SMILES string of the molecule is Cc1cc(OCc2ncccn2)cc(=O)n1C(C)c1ccc(OC(C)C)cc1. The number of aromatic nitrogens is 3. The van der Waals surface area contributed by atoms with Crippen LogP contribution >= 0.6 is 0 Å². The van der Waals surface area contributed by atoms with E-state index in [0.717, 1.165) is 17.0 Å². The van der Waals surface area contributed by atoms with Gasteiger partial charge in [-0.15, -0.1) is 0 Å². The molecule has 6 nitrogen and oxygen atoms in total. The standard InChI is InChI=1S/C22H25N3O3/c1-15(2)28-19-8-6-18(7-9-19)17(4)25-16(3)12-20(13-22(25)26)27-14-21-23-10-5-11-24-21/h5-13,15,17H,14H2,1-4H3. The highest BCUT2D eigenvalue weighted by Gasteiger charge is 2.14. The van der Waals surface area contributed by atoms with E-state index >= 15 is 0 Å². The summed E-state index contributed by atoms with van der Waals surface area (Å²) in [5.41, 5.74) is 1.75. The molecule has 0 bridgehead atoms. The van der Waals surface area contributed by atoms with E-state index in [1.807, 2.05) is 58.0 Å². The first-order valence-electron chi connectivity index (χ1n) is 9.32. The summed E-state index contributed by atoms with van der Waals surface area (Å²) in [5, 5.41) is 0. The van der Waals surface area contributed by atoms with Crippen molar-refractivity contribution in [2.45, 2.75) is 46.4 Å². The summed E-state index contributed by atoms with van der Waals surface area (Å²) in [4.78, 5) is 21.0. The zero-order valence-electron chi connectivity index (χ0n) is 16.6. The van der Waals surface area contributed by atoms with Crippen molar-refractivity contribution in [1.82, 2.24) is 14.5 Å². The molecule has 1 aromatic carbocycles. The molecule has 0 saturated heterocycles. The van der Waals surface area contributed by atoms with Crippen LogP contribution in [0.3, 0.4) is 0 Å². The quantitative estimate of drug-likeness (QED) is 0.622. The van der Waals surface area contributed by atoms with Gasteiger partial charge in [-0.25, -0.2) is 9.97 Å². The Kier molecular flexibility index (Phi) is 6.09. The van der Waals surface area contributed by atoms with Gasteiger partial charge in [-0.3, -0.25) is 4.79 Å². The molecule has 0 saturated carbocycles. The molecule has 146 valence electrons. The summed E-state index contributed by atoms with van der Waals surface area (Å²) in [6.45, 7) is 8.11. The smallest absolute Gasteiger partial charge is 0.254 e. The second kappa shape index (κ2) is 8.69. The summed E-state index contributed by atoms with van der Waals surface area (Å²) in [6.07, 6.45) is 3.45. The number of ether oxygens (including phenoxy) is 2. The summed E-state index contributed by atoms with van der Waals surface area (Å²) < 4.78 is 13.1. The molecule has 1 unspecified atom stereocenters. The minimum absolute atomic E-state index is 0.105. The molecule has 6 heteroatoms. The Morgan fingerprint density at radius 3 is 2.29 bits per heavy atom. The number of hydrogen-bond donors (Lipinski definition) is 0.